The van der Waals surface area contributed by atoms with Gasteiger partial charge in [-0.05, 0) is 66.8 Å². The fourth-order valence-electron chi connectivity index (χ4n) is 3.07. The number of ether oxygens (including phenoxy) is 1. The van der Waals surface area contributed by atoms with Crippen molar-refractivity contribution in [2.24, 2.45) is 0 Å². The number of nitrogens with one attached hydrogen (secondary N) is 1. The second kappa shape index (κ2) is 9.19. The zero-order valence-corrected chi connectivity index (χ0v) is 16.8. The highest BCUT2D eigenvalue weighted by molar-refractivity contribution is 6.04. The van der Waals surface area contributed by atoms with Gasteiger partial charge in [0.1, 0.15) is 22.9 Å². The Morgan fingerprint density at radius 3 is 2.52 bits per heavy atom. The highest BCUT2D eigenvalue weighted by atomic mass is 16.5. The van der Waals surface area contributed by atoms with Crippen molar-refractivity contribution in [3.63, 3.8) is 0 Å². The number of anilines is 1. The molecular formula is C23H24N2O4. The summed E-state index contributed by atoms with van der Waals surface area (Å²) in [7, 11) is 1.63. The molecule has 0 aliphatic heterocycles. The Hall–Kier alpha value is -3.41. The monoisotopic (exact) mass is 392 g/mol. The molecule has 0 saturated heterocycles. The summed E-state index contributed by atoms with van der Waals surface area (Å²) in [4.78, 5) is 29.2. The van der Waals surface area contributed by atoms with E-state index in [1.807, 2.05) is 37.3 Å². The molecule has 0 bridgehead atoms. The summed E-state index contributed by atoms with van der Waals surface area (Å²) in [5, 5.41) is 2.68. The lowest BCUT2D eigenvalue weighted by Crippen LogP contribution is -2.23. The number of aromatic nitrogens is 1. The van der Waals surface area contributed by atoms with Crippen LogP contribution in [-0.4, -0.2) is 18.0 Å². The first kappa shape index (κ1) is 20.3. The lowest BCUT2D eigenvalue weighted by Gasteiger charge is -2.09. The number of carbonyl (C=O) groups is 1. The molecule has 6 nitrogen and oxygen atoms in total. The van der Waals surface area contributed by atoms with Crippen LogP contribution in [0.3, 0.4) is 0 Å². The number of aryl methyl sites for hydroxylation is 4. The maximum atomic E-state index is 12.6. The van der Waals surface area contributed by atoms with Gasteiger partial charge in [-0.2, -0.15) is 0 Å². The first-order valence-corrected chi connectivity index (χ1v) is 9.53. The molecule has 150 valence electrons. The quantitative estimate of drug-likeness (QED) is 0.658. The Kier molecular flexibility index (Phi) is 6.44. The normalized spacial score (nSPS) is 10.6. The van der Waals surface area contributed by atoms with Crippen molar-refractivity contribution >= 4 is 11.7 Å². The maximum absolute atomic E-state index is 12.6. The third-order valence-corrected chi connectivity index (χ3v) is 4.72. The van der Waals surface area contributed by atoms with Gasteiger partial charge in [-0.25, -0.2) is 9.78 Å². The molecule has 1 amide bonds. The van der Waals surface area contributed by atoms with E-state index in [1.54, 1.807) is 32.4 Å². The van der Waals surface area contributed by atoms with Gasteiger partial charge in [-0.3, -0.25) is 4.79 Å². The Balaban J connectivity index is 1.72. The van der Waals surface area contributed by atoms with Crippen LogP contribution >= 0.6 is 0 Å². The highest BCUT2D eigenvalue weighted by Crippen LogP contribution is 2.15. The Labute approximate surface area is 169 Å². The van der Waals surface area contributed by atoms with Crippen molar-refractivity contribution in [1.29, 1.82) is 0 Å². The number of carbonyl (C=O) groups excluding carboxylic acids is 1. The zero-order valence-electron chi connectivity index (χ0n) is 16.8. The molecule has 0 spiro atoms. The van der Waals surface area contributed by atoms with Crippen molar-refractivity contribution < 1.29 is 13.9 Å². The molecule has 29 heavy (non-hydrogen) atoms. The summed E-state index contributed by atoms with van der Waals surface area (Å²) in [6.07, 6.45) is 3.73. The molecule has 2 aromatic heterocycles. The number of rotatable bonds is 7. The lowest BCUT2D eigenvalue weighted by molar-refractivity contribution is 0.102. The predicted octanol–water partition coefficient (Wildman–Crippen LogP) is 3.95. The number of pyridine rings is 1. The first-order valence-electron chi connectivity index (χ1n) is 9.53. The topological polar surface area (TPSA) is 81.4 Å². The van der Waals surface area contributed by atoms with E-state index < -0.39 is 11.5 Å². The lowest BCUT2D eigenvalue weighted by atomic mass is 10.1. The molecule has 0 aliphatic carbocycles. The van der Waals surface area contributed by atoms with Crippen LogP contribution in [0.15, 0.2) is 57.9 Å². The SMILES string of the molecule is CCc1ccnc(NC(=O)c2c(C)cc(CCc3ccc(OC)cc3)oc2=O)c1. The van der Waals surface area contributed by atoms with Gasteiger partial charge >= 0.3 is 5.63 Å². The summed E-state index contributed by atoms with van der Waals surface area (Å²) in [5.74, 6) is 1.24. The van der Waals surface area contributed by atoms with Crippen molar-refractivity contribution in [3.05, 3.63) is 87.1 Å². The number of amides is 1. The molecule has 0 atom stereocenters. The first-order chi connectivity index (χ1) is 14.0. The summed E-state index contributed by atoms with van der Waals surface area (Å²) in [6.45, 7) is 3.75. The van der Waals surface area contributed by atoms with Crippen molar-refractivity contribution in [1.82, 2.24) is 4.98 Å². The standard InChI is InChI=1S/C23H24N2O4/c1-4-16-11-12-24-20(14-16)25-22(26)21-15(2)13-19(29-23(21)27)10-7-17-5-8-18(28-3)9-6-17/h5-6,8-9,11-14H,4,7,10H2,1-3H3,(H,24,25,26). The van der Waals surface area contributed by atoms with E-state index in [0.29, 0.717) is 30.0 Å². The Morgan fingerprint density at radius 1 is 1.10 bits per heavy atom. The molecule has 1 aromatic carbocycles. The minimum atomic E-state index is -0.640. The van der Waals surface area contributed by atoms with Crippen molar-refractivity contribution in [2.75, 3.05) is 12.4 Å². The van der Waals surface area contributed by atoms with Crippen LogP contribution in [-0.2, 0) is 19.3 Å². The van der Waals surface area contributed by atoms with Gasteiger partial charge < -0.3 is 14.5 Å². The Morgan fingerprint density at radius 2 is 1.86 bits per heavy atom. The van der Waals surface area contributed by atoms with E-state index in [0.717, 1.165) is 23.3 Å². The molecule has 1 N–H and O–H groups in total. The minimum Gasteiger partial charge on any atom is -0.497 e. The van der Waals surface area contributed by atoms with Crippen LogP contribution in [0.25, 0.3) is 0 Å². The van der Waals surface area contributed by atoms with Crippen LogP contribution in [0, 0.1) is 6.92 Å². The maximum Gasteiger partial charge on any atom is 0.349 e. The molecule has 0 radical (unpaired) electrons. The van der Waals surface area contributed by atoms with Crippen molar-refractivity contribution in [2.45, 2.75) is 33.1 Å². The van der Waals surface area contributed by atoms with Crippen LogP contribution in [0.1, 0.15) is 39.7 Å². The second-order valence-electron chi connectivity index (χ2n) is 6.76. The molecule has 0 unspecified atom stereocenters. The number of nitrogens with zero attached hydrogens (tertiary/aromatic N) is 1. The fraction of sp³-hybridized carbons (Fsp3) is 0.261. The van der Waals surface area contributed by atoms with E-state index in [1.165, 1.54) is 0 Å². The molecule has 0 fully saturated rings. The molecular weight excluding hydrogens is 368 g/mol. The number of methoxy groups -OCH3 is 1. The molecule has 2 heterocycles. The van der Waals surface area contributed by atoms with Crippen LogP contribution in [0.4, 0.5) is 5.82 Å². The number of hydrogen-bond acceptors (Lipinski definition) is 5. The van der Waals surface area contributed by atoms with Gasteiger partial charge in [0.2, 0.25) is 0 Å². The van der Waals surface area contributed by atoms with Gasteiger partial charge in [0.25, 0.3) is 5.91 Å². The molecule has 6 heteroatoms. The number of hydrogen-bond donors (Lipinski definition) is 1. The number of benzene rings is 1. The highest BCUT2D eigenvalue weighted by Gasteiger charge is 2.17. The van der Waals surface area contributed by atoms with Gasteiger partial charge in [0.15, 0.2) is 0 Å². The average molecular weight is 392 g/mol. The third-order valence-electron chi connectivity index (χ3n) is 4.72. The Bertz CT molecular complexity index is 1060. The molecule has 3 aromatic rings. The van der Waals surface area contributed by atoms with Crippen molar-refractivity contribution in [3.8, 4) is 5.75 Å². The van der Waals surface area contributed by atoms with E-state index in [-0.39, 0.29) is 5.56 Å². The fourth-order valence-corrected chi connectivity index (χ4v) is 3.07. The van der Waals surface area contributed by atoms with Crippen LogP contribution < -0.4 is 15.7 Å². The van der Waals surface area contributed by atoms with Gasteiger partial charge in [0.05, 0.1) is 7.11 Å². The molecule has 0 aliphatic rings. The van der Waals surface area contributed by atoms with E-state index >= 15 is 0 Å². The zero-order chi connectivity index (χ0) is 20.8. The predicted molar refractivity (Wildman–Crippen MR) is 112 cm³/mol. The smallest absolute Gasteiger partial charge is 0.349 e. The van der Waals surface area contributed by atoms with Gasteiger partial charge in [-0.1, -0.05) is 19.1 Å². The average Bonchev–Trinajstić information content (AvgIpc) is 2.72. The van der Waals surface area contributed by atoms with Gasteiger partial charge in [-0.15, -0.1) is 0 Å². The van der Waals surface area contributed by atoms with E-state index in [4.69, 9.17) is 9.15 Å². The molecule has 3 rings (SSSR count). The van der Waals surface area contributed by atoms with Crippen LogP contribution in [0.5, 0.6) is 5.75 Å². The van der Waals surface area contributed by atoms with E-state index in [9.17, 15) is 9.59 Å². The van der Waals surface area contributed by atoms with Gasteiger partial charge in [0, 0.05) is 12.6 Å². The summed E-state index contributed by atoms with van der Waals surface area (Å²) in [6, 6.07) is 13.2. The minimum absolute atomic E-state index is 0.00176. The largest absolute Gasteiger partial charge is 0.497 e. The second-order valence-corrected chi connectivity index (χ2v) is 6.76. The molecule has 0 saturated carbocycles. The summed E-state index contributed by atoms with van der Waals surface area (Å²) in [5.41, 5.74) is 2.10. The van der Waals surface area contributed by atoms with Crippen LogP contribution in [0.2, 0.25) is 0 Å². The van der Waals surface area contributed by atoms with E-state index in [2.05, 4.69) is 10.3 Å². The third kappa shape index (κ3) is 5.10. The summed E-state index contributed by atoms with van der Waals surface area (Å²) >= 11 is 0. The summed E-state index contributed by atoms with van der Waals surface area (Å²) < 4.78 is 10.6.